The standard InChI is InChI=1S/C32H43FN8O2/c1-32(2,3)30(42)41-16-14-25(20-40-15-6-7-23(19-40)17-22-10-12-26(33)13-11-22)28(21-41)35-31(43)34-27-9-5-8-24(18-27)29-36-37-38-39(29)4/h5,8-13,18,23,25,28H,6-7,14-17,19-21H2,1-4H3,(H2,34,35,43)/t23-,25-,28-/m0/s1. The molecule has 11 heteroatoms. The topological polar surface area (TPSA) is 108 Å². The largest absolute Gasteiger partial charge is 0.340 e. The van der Waals surface area contributed by atoms with Crippen molar-refractivity contribution in [3.05, 3.63) is 59.9 Å². The van der Waals surface area contributed by atoms with Crippen LogP contribution in [0.3, 0.4) is 0 Å². The van der Waals surface area contributed by atoms with Gasteiger partial charge in [0.25, 0.3) is 0 Å². The van der Waals surface area contributed by atoms with Gasteiger partial charge in [-0.1, -0.05) is 45.0 Å². The zero-order chi connectivity index (χ0) is 30.6. The van der Waals surface area contributed by atoms with Crippen molar-refractivity contribution in [2.24, 2.45) is 24.3 Å². The van der Waals surface area contributed by atoms with Gasteiger partial charge < -0.3 is 20.4 Å². The smallest absolute Gasteiger partial charge is 0.319 e. The highest BCUT2D eigenvalue weighted by Gasteiger charge is 2.37. The molecule has 1 aromatic heterocycles. The lowest BCUT2D eigenvalue weighted by Crippen LogP contribution is -2.58. The molecule has 2 aromatic carbocycles. The van der Waals surface area contributed by atoms with Crippen molar-refractivity contribution >= 4 is 17.6 Å². The van der Waals surface area contributed by atoms with Crippen molar-refractivity contribution < 1.29 is 14.0 Å². The number of aromatic nitrogens is 4. The predicted molar refractivity (Wildman–Crippen MR) is 164 cm³/mol. The van der Waals surface area contributed by atoms with Gasteiger partial charge in [-0.15, -0.1) is 5.10 Å². The lowest BCUT2D eigenvalue weighted by molar-refractivity contribution is -0.141. The molecule has 0 radical (unpaired) electrons. The fourth-order valence-electron chi connectivity index (χ4n) is 6.36. The lowest BCUT2D eigenvalue weighted by Gasteiger charge is -2.43. The van der Waals surface area contributed by atoms with Crippen LogP contribution in [-0.2, 0) is 18.3 Å². The number of amides is 3. The number of hydrogen-bond acceptors (Lipinski definition) is 6. The first-order valence-corrected chi connectivity index (χ1v) is 15.2. The molecule has 5 rings (SSSR count). The Bertz CT molecular complexity index is 1400. The number of carbonyl (C=O) groups is 2. The van der Waals surface area contributed by atoms with Crippen LogP contribution in [0.5, 0.6) is 0 Å². The SMILES string of the molecule is Cn1nnnc1-c1cccc(NC(=O)N[C@H]2CN(C(=O)C(C)(C)C)CC[C@H]2CN2CCC[C@@H](Cc3ccc(F)cc3)C2)c1. The van der Waals surface area contributed by atoms with Crippen LogP contribution in [0.4, 0.5) is 14.9 Å². The van der Waals surface area contributed by atoms with Crippen LogP contribution in [0.25, 0.3) is 11.4 Å². The van der Waals surface area contributed by atoms with Crippen LogP contribution in [0.1, 0.15) is 45.6 Å². The van der Waals surface area contributed by atoms with Crippen LogP contribution in [0, 0.1) is 23.1 Å². The molecule has 2 aliphatic rings. The quantitative estimate of drug-likeness (QED) is 0.424. The number of aryl methyl sites for hydroxylation is 1. The Labute approximate surface area is 253 Å². The number of anilines is 1. The maximum atomic E-state index is 13.4. The Morgan fingerprint density at radius 3 is 2.56 bits per heavy atom. The molecule has 10 nitrogen and oxygen atoms in total. The van der Waals surface area contributed by atoms with E-state index in [9.17, 15) is 14.0 Å². The molecule has 0 saturated carbocycles. The highest BCUT2D eigenvalue weighted by Crippen LogP contribution is 2.28. The summed E-state index contributed by atoms with van der Waals surface area (Å²) in [6.07, 6.45) is 4.02. The number of benzene rings is 2. The Balaban J connectivity index is 1.25. The highest BCUT2D eigenvalue weighted by atomic mass is 19.1. The van der Waals surface area contributed by atoms with Gasteiger partial charge in [-0.2, -0.15) is 0 Å². The Morgan fingerprint density at radius 2 is 1.84 bits per heavy atom. The molecule has 3 amide bonds. The van der Waals surface area contributed by atoms with Crippen molar-refractivity contribution in [1.82, 2.24) is 35.3 Å². The monoisotopic (exact) mass is 590 g/mol. The summed E-state index contributed by atoms with van der Waals surface area (Å²) in [5, 5.41) is 17.8. The zero-order valence-electron chi connectivity index (χ0n) is 25.6. The zero-order valence-corrected chi connectivity index (χ0v) is 25.6. The molecule has 230 valence electrons. The summed E-state index contributed by atoms with van der Waals surface area (Å²) in [6, 6.07) is 13.8. The second kappa shape index (κ2) is 13.2. The molecular weight excluding hydrogens is 547 g/mol. The summed E-state index contributed by atoms with van der Waals surface area (Å²) >= 11 is 0. The molecular formula is C32H43FN8O2. The molecule has 2 N–H and O–H groups in total. The summed E-state index contributed by atoms with van der Waals surface area (Å²) in [7, 11) is 1.77. The molecule has 2 saturated heterocycles. The number of piperidine rings is 2. The first kappa shape index (κ1) is 30.6. The highest BCUT2D eigenvalue weighted by molar-refractivity contribution is 5.90. The maximum absolute atomic E-state index is 13.4. The average molecular weight is 591 g/mol. The van der Waals surface area contributed by atoms with E-state index >= 15 is 0 Å². The summed E-state index contributed by atoms with van der Waals surface area (Å²) in [6.45, 7) is 9.82. The van der Waals surface area contributed by atoms with Crippen molar-refractivity contribution in [2.45, 2.75) is 52.5 Å². The second-order valence-electron chi connectivity index (χ2n) is 13.1. The molecule has 2 fully saturated rings. The number of tetrazole rings is 1. The van der Waals surface area contributed by atoms with Crippen LogP contribution in [0.2, 0.25) is 0 Å². The summed E-state index contributed by atoms with van der Waals surface area (Å²) in [5.41, 5.74) is 2.10. The molecule has 2 aliphatic heterocycles. The van der Waals surface area contributed by atoms with E-state index in [0.717, 1.165) is 56.4 Å². The third kappa shape index (κ3) is 7.95. The van der Waals surface area contributed by atoms with E-state index < -0.39 is 5.41 Å². The van der Waals surface area contributed by atoms with Gasteiger partial charge in [0.15, 0.2) is 5.82 Å². The van der Waals surface area contributed by atoms with Crippen LogP contribution < -0.4 is 10.6 Å². The number of likely N-dealkylation sites (tertiary alicyclic amines) is 2. The first-order valence-electron chi connectivity index (χ1n) is 15.2. The van der Waals surface area contributed by atoms with E-state index in [4.69, 9.17) is 0 Å². The lowest BCUT2D eigenvalue weighted by atomic mass is 9.86. The van der Waals surface area contributed by atoms with E-state index in [0.29, 0.717) is 30.5 Å². The van der Waals surface area contributed by atoms with E-state index in [1.54, 1.807) is 11.7 Å². The van der Waals surface area contributed by atoms with Crippen LogP contribution in [0.15, 0.2) is 48.5 Å². The molecule has 3 heterocycles. The van der Waals surface area contributed by atoms with E-state index in [1.165, 1.54) is 12.1 Å². The van der Waals surface area contributed by atoms with E-state index in [2.05, 4.69) is 31.1 Å². The number of carbonyl (C=O) groups excluding carboxylic acids is 2. The van der Waals surface area contributed by atoms with Gasteiger partial charge in [0.05, 0.1) is 6.04 Å². The molecule has 0 spiro atoms. The summed E-state index contributed by atoms with van der Waals surface area (Å²) < 4.78 is 15.0. The van der Waals surface area contributed by atoms with Gasteiger partial charge >= 0.3 is 6.03 Å². The van der Waals surface area contributed by atoms with Gasteiger partial charge in [0.1, 0.15) is 5.82 Å². The second-order valence-corrected chi connectivity index (χ2v) is 13.1. The van der Waals surface area contributed by atoms with Gasteiger partial charge in [0.2, 0.25) is 5.91 Å². The number of rotatable bonds is 7. The number of nitrogens with one attached hydrogen (secondary N) is 2. The van der Waals surface area contributed by atoms with Gasteiger partial charge in [-0.05, 0) is 84.3 Å². The average Bonchev–Trinajstić information content (AvgIpc) is 3.40. The molecule has 0 bridgehead atoms. The van der Waals surface area contributed by atoms with Crippen molar-refractivity contribution in [1.29, 1.82) is 0 Å². The molecule has 3 aromatic rings. The number of urea groups is 1. The molecule has 0 unspecified atom stereocenters. The fourth-order valence-corrected chi connectivity index (χ4v) is 6.36. The third-order valence-corrected chi connectivity index (χ3v) is 8.53. The first-order chi connectivity index (χ1) is 20.5. The van der Waals surface area contributed by atoms with Gasteiger partial charge in [-0.25, -0.2) is 13.9 Å². The minimum atomic E-state index is -0.491. The van der Waals surface area contributed by atoms with Crippen molar-refractivity contribution in [3.8, 4) is 11.4 Å². The molecule has 0 aliphatic carbocycles. The third-order valence-electron chi connectivity index (χ3n) is 8.53. The van der Waals surface area contributed by atoms with Crippen molar-refractivity contribution in [3.63, 3.8) is 0 Å². The van der Waals surface area contributed by atoms with Gasteiger partial charge in [-0.3, -0.25) is 4.79 Å². The molecule has 3 atom stereocenters. The summed E-state index contributed by atoms with van der Waals surface area (Å²) in [5.74, 6) is 1.21. The Kier molecular flexibility index (Phi) is 9.39. The number of hydrogen-bond donors (Lipinski definition) is 2. The van der Waals surface area contributed by atoms with Crippen molar-refractivity contribution in [2.75, 3.05) is 38.0 Å². The normalized spacial score (nSPS) is 21.4. The van der Waals surface area contributed by atoms with E-state index in [1.807, 2.05) is 62.1 Å². The minimum Gasteiger partial charge on any atom is -0.340 e. The van der Waals surface area contributed by atoms with Crippen LogP contribution in [-0.4, -0.2) is 80.7 Å². The predicted octanol–water partition coefficient (Wildman–Crippen LogP) is 4.36. The number of nitrogens with zero attached hydrogens (tertiary/aromatic N) is 6. The molecule has 43 heavy (non-hydrogen) atoms. The minimum absolute atomic E-state index is 0.0977. The van der Waals surface area contributed by atoms with Gasteiger partial charge in [0, 0.05) is 49.9 Å². The maximum Gasteiger partial charge on any atom is 0.319 e. The Hall–Kier alpha value is -3.86. The van der Waals surface area contributed by atoms with Crippen LogP contribution >= 0.6 is 0 Å². The Morgan fingerprint density at radius 1 is 1.05 bits per heavy atom. The van der Waals surface area contributed by atoms with E-state index in [-0.39, 0.29) is 29.7 Å². The fraction of sp³-hybridized carbons (Fsp3) is 0.531. The summed E-state index contributed by atoms with van der Waals surface area (Å²) in [4.78, 5) is 30.9. The number of halogens is 1.